The zero-order valence-corrected chi connectivity index (χ0v) is 9.36. The molecule has 0 fully saturated rings. The number of benzene rings is 1. The Morgan fingerprint density at radius 1 is 1.35 bits per heavy atom. The largest absolute Gasteiger partial charge is 0.320 e. The van der Waals surface area contributed by atoms with Crippen LogP contribution in [0.5, 0.6) is 0 Å². The predicted octanol–water partition coefficient (Wildman–Crippen LogP) is 1.68. The number of carbonyl (C=O) groups is 1. The van der Waals surface area contributed by atoms with Crippen molar-refractivity contribution < 1.29 is 4.79 Å². The summed E-state index contributed by atoms with van der Waals surface area (Å²) in [6.45, 7) is 0. The van der Waals surface area contributed by atoms with Crippen LogP contribution in [0.15, 0.2) is 41.6 Å². The van der Waals surface area contributed by atoms with Crippen LogP contribution in [-0.2, 0) is 0 Å². The number of amides is 1. The molecule has 0 aliphatic carbocycles. The Labute approximate surface area is 101 Å². The fraction of sp³-hybridized carbons (Fsp3) is 0. The van der Waals surface area contributed by atoms with E-state index in [1.807, 2.05) is 0 Å². The number of halogens is 1. The van der Waals surface area contributed by atoms with Crippen molar-refractivity contribution in [1.29, 1.82) is 0 Å². The highest BCUT2D eigenvalue weighted by atomic mass is 35.5. The number of carbonyl (C=O) groups excluding carboxylic acids is 1. The molecule has 0 aliphatic rings. The van der Waals surface area contributed by atoms with Gasteiger partial charge in [0, 0.05) is 6.20 Å². The summed E-state index contributed by atoms with van der Waals surface area (Å²) < 4.78 is 0. The van der Waals surface area contributed by atoms with E-state index >= 15 is 0 Å². The summed E-state index contributed by atoms with van der Waals surface area (Å²) in [7, 11) is 0. The van der Waals surface area contributed by atoms with Gasteiger partial charge in [-0.3, -0.25) is 9.59 Å². The van der Waals surface area contributed by atoms with Crippen molar-refractivity contribution in [3.63, 3.8) is 0 Å². The minimum absolute atomic E-state index is 0.0626. The minimum atomic E-state index is -0.549. The molecular weight excluding hydrogens is 242 g/mol. The molecule has 17 heavy (non-hydrogen) atoms. The van der Waals surface area contributed by atoms with Crippen LogP contribution in [0, 0.1) is 0 Å². The van der Waals surface area contributed by atoms with Crippen LogP contribution in [0.3, 0.4) is 0 Å². The van der Waals surface area contributed by atoms with Crippen molar-refractivity contribution in [1.82, 2.24) is 9.97 Å². The Balaban J connectivity index is 2.27. The van der Waals surface area contributed by atoms with Crippen molar-refractivity contribution in [3.05, 3.63) is 57.7 Å². The van der Waals surface area contributed by atoms with Gasteiger partial charge in [-0.1, -0.05) is 23.7 Å². The lowest BCUT2D eigenvalue weighted by Crippen LogP contribution is -2.23. The summed E-state index contributed by atoms with van der Waals surface area (Å²) in [4.78, 5) is 29.1. The number of para-hydroxylation sites is 1. The third-order valence-electron chi connectivity index (χ3n) is 2.09. The lowest BCUT2D eigenvalue weighted by molar-refractivity contribution is 0.102. The van der Waals surface area contributed by atoms with E-state index < -0.39 is 11.5 Å². The molecule has 2 aromatic rings. The van der Waals surface area contributed by atoms with Gasteiger partial charge in [0.05, 0.1) is 17.0 Å². The van der Waals surface area contributed by atoms with Crippen LogP contribution < -0.4 is 10.9 Å². The smallest absolute Gasteiger partial charge is 0.263 e. The Morgan fingerprint density at radius 3 is 2.82 bits per heavy atom. The van der Waals surface area contributed by atoms with Gasteiger partial charge in [-0.05, 0) is 12.1 Å². The highest BCUT2D eigenvalue weighted by Crippen LogP contribution is 2.20. The molecule has 0 bridgehead atoms. The first-order valence-corrected chi connectivity index (χ1v) is 5.15. The summed E-state index contributed by atoms with van der Waals surface area (Å²) in [5.74, 6) is -0.549. The monoisotopic (exact) mass is 249 g/mol. The van der Waals surface area contributed by atoms with Crippen molar-refractivity contribution >= 4 is 23.2 Å². The number of aromatic amines is 1. The number of nitrogens with one attached hydrogen (secondary N) is 2. The van der Waals surface area contributed by atoms with E-state index in [1.54, 1.807) is 24.3 Å². The predicted molar refractivity (Wildman–Crippen MR) is 64.3 cm³/mol. The number of rotatable bonds is 2. The van der Waals surface area contributed by atoms with E-state index in [4.69, 9.17) is 11.6 Å². The van der Waals surface area contributed by atoms with Crippen LogP contribution in [-0.4, -0.2) is 15.9 Å². The number of nitrogens with zero attached hydrogens (tertiary/aromatic N) is 1. The molecule has 0 unspecified atom stereocenters. The third kappa shape index (κ3) is 2.51. The fourth-order valence-electron chi connectivity index (χ4n) is 1.26. The molecule has 1 aromatic heterocycles. The number of anilines is 1. The summed E-state index contributed by atoms with van der Waals surface area (Å²) in [6, 6.07) is 6.76. The second-order valence-corrected chi connectivity index (χ2v) is 3.64. The normalized spacial score (nSPS) is 9.94. The standard InChI is InChI=1S/C11H8ClN3O2/c12-8-3-1-2-4-9(8)15-11(17)7-5-13-6-14-10(7)16/h1-6H,(H,15,17)(H,13,14,16). The first-order chi connectivity index (χ1) is 8.18. The van der Waals surface area contributed by atoms with Gasteiger partial charge in [0.15, 0.2) is 0 Å². The quantitative estimate of drug-likeness (QED) is 0.850. The van der Waals surface area contributed by atoms with E-state index in [9.17, 15) is 9.59 Å². The molecule has 6 heteroatoms. The molecular formula is C11H8ClN3O2. The van der Waals surface area contributed by atoms with Crippen LogP contribution in [0.1, 0.15) is 10.4 Å². The Bertz CT molecular complexity index is 609. The van der Waals surface area contributed by atoms with E-state index in [2.05, 4.69) is 15.3 Å². The van der Waals surface area contributed by atoms with Crippen molar-refractivity contribution in [2.24, 2.45) is 0 Å². The molecule has 5 nitrogen and oxygen atoms in total. The van der Waals surface area contributed by atoms with Crippen LogP contribution >= 0.6 is 11.6 Å². The zero-order valence-electron chi connectivity index (χ0n) is 8.61. The molecule has 0 spiro atoms. The van der Waals surface area contributed by atoms with E-state index in [0.29, 0.717) is 10.7 Å². The lowest BCUT2D eigenvalue weighted by Gasteiger charge is -2.05. The number of H-pyrrole nitrogens is 1. The topological polar surface area (TPSA) is 74.8 Å². The lowest BCUT2D eigenvalue weighted by atomic mass is 10.2. The maximum absolute atomic E-state index is 11.8. The van der Waals surface area contributed by atoms with Crippen LogP contribution in [0.2, 0.25) is 5.02 Å². The first-order valence-electron chi connectivity index (χ1n) is 4.77. The highest BCUT2D eigenvalue weighted by Gasteiger charge is 2.11. The van der Waals surface area contributed by atoms with Gasteiger partial charge in [-0.2, -0.15) is 0 Å². The molecule has 86 valence electrons. The summed E-state index contributed by atoms with van der Waals surface area (Å²) in [6.07, 6.45) is 2.42. The molecule has 2 rings (SSSR count). The average molecular weight is 250 g/mol. The summed E-state index contributed by atoms with van der Waals surface area (Å²) in [5.41, 5.74) is -0.112. The van der Waals surface area contributed by atoms with E-state index in [-0.39, 0.29) is 5.56 Å². The molecule has 1 aromatic carbocycles. The number of aromatic nitrogens is 2. The SMILES string of the molecule is O=C(Nc1ccccc1Cl)c1cnc[nH]c1=O. The van der Waals surface area contributed by atoms with E-state index in [0.717, 1.165) is 0 Å². The van der Waals surface area contributed by atoms with Crippen molar-refractivity contribution in [2.45, 2.75) is 0 Å². The van der Waals surface area contributed by atoms with Gasteiger partial charge < -0.3 is 10.3 Å². The van der Waals surface area contributed by atoms with E-state index in [1.165, 1.54) is 12.5 Å². The van der Waals surface area contributed by atoms with Gasteiger partial charge in [-0.15, -0.1) is 0 Å². The molecule has 0 aliphatic heterocycles. The number of hydrogen-bond acceptors (Lipinski definition) is 3. The van der Waals surface area contributed by atoms with Gasteiger partial charge in [0.2, 0.25) is 0 Å². The van der Waals surface area contributed by atoms with Gasteiger partial charge in [0.25, 0.3) is 11.5 Å². The molecule has 0 atom stereocenters. The second-order valence-electron chi connectivity index (χ2n) is 3.23. The highest BCUT2D eigenvalue weighted by molar-refractivity contribution is 6.33. The van der Waals surface area contributed by atoms with Gasteiger partial charge in [0.1, 0.15) is 5.56 Å². The Hall–Kier alpha value is -2.14. The average Bonchev–Trinajstić information content (AvgIpc) is 2.32. The summed E-state index contributed by atoms with van der Waals surface area (Å²) >= 11 is 5.88. The molecule has 0 radical (unpaired) electrons. The molecule has 1 heterocycles. The van der Waals surface area contributed by atoms with Crippen LogP contribution in [0.4, 0.5) is 5.69 Å². The maximum Gasteiger partial charge on any atom is 0.263 e. The molecule has 1 amide bonds. The maximum atomic E-state index is 11.8. The molecule has 0 saturated carbocycles. The Morgan fingerprint density at radius 2 is 2.12 bits per heavy atom. The summed E-state index contributed by atoms with van der Waals surface area (Å²) in [5, 5.41) is 2.94. The van der Waals surface area contributed by atoms with Crippen molar-refractivity contribution in [3.8, 4) is 0 Å². The minimum Gasteiger partial charge on any atom is -0.320 e. The third-order valence-corrected chi connectivity index (χ3v) is 2.41. The number of hydrogen-bond donors (Lipinski definition) is 2. The second kappa shape index (κ2) is 4.80. The molecule has 0 saturated heterocycles. The van der Waals surface area contributed by atoms with Crippen molar-refractivity contribution in [2.75, 3.05) is 5.32 Å². The first kappa shape index (κ1) is 11.3. The van der Waals surface area contributed by atoms with Gasteiger partial charge in [-0.25, -0.2) is 4.98 Å². The fourth-order valence-corrected chi connectivity index (χ4v) is 1.44. The zero-order chi connectivity index (χ0) is 12.3. The van der Waals surface area contributed by atoms with Gasteiger partial charge >= 0.3 is 0 Å². The molecule has 2 N–H and O–H groups in total. The Kier molecular flexibility index (Phi) is 3.20. The van der Waals surface area contributed by atoms with Crippen LogP contribution in [0.25, 0.3) is 0 Å².